The number of pyridine rings is 1. The van der Waals surface area contributed by atoms with Gasteiger partial charge in [0.1, 0.15) is 0 Å². The lowest BCUT2D eigenvalue weighted by Gasteiger charge is -2.10. The lowest BCUT2D eigenvalue weighted by Crippen LogP contribution is -2.11. The second-order valence-electron chi connectivity index (χ2n) is 3.98. The molecule has 0 aliphatic rings. The predicted molar refractivity (Wildman–Crippen MR) is 55.7 cm³/mol. The van der Waals surface area contributed by atoms with Gasteiger partial charge in [-0.05, 0) is 31.6 Å². The summed E-state index contributed by atoms with van der Waals surface area (Å²) in [6, 6.07) is 4.27. The first kappa shape index (κ1) is 10.2. The molecule has 0 radical (unpaired) electrons. The summed E-state index contributed by atoms with van der Waals surface area (Å²) >= 11 is 0. The van der Waals surface area contributed by atoms with E-state index in [4.69, 9.17) is 0 Å². The normalized spacial score (nSPS) is 11.2. The third-order valence-corrected chi connectivity index (χ3v) is 1.99. The zero-order valence-electron chi connectivity index (χ0n) is 8.91. The highest BCUT2D eigenvalue weighted by Crippen LogP contribution is 2.12. The quantitative estimate of drug-likeness (QED) is 0.706. The molecule has 0 saturated carbocycles. The van der Waals surface area contributed by atoms with Crippen LogP contribution in [0.25, 0.3) is 0 Å². The van der Waals surface area contributed by atoms with Gasteiger partial charge < -0.3 is 4.90 Å². The highest BCUT2D eigenvalue weighted by atomic mass is 15.1. The largest absolute Gasteiger partial charge is 0.304 e. The van der Waals surface area contributed by atoms with E-state index in [1.807, 2.05) is 6.20 Å². The fraction of sp³-hybridized carbons (Fsp3) is 0.545. The average molecular weight is 178 g/mol. The maximum absolute atomic E-state index is 4.40. The Kier molecular flexibility index (Phi) is 3.43. The van der Waals surface area contributed by atoms with Crippen LogP contribution < -0.4 is 0 Å². The summed E-state index contributed by atoms with van der Waals surface area (Å²) in [4.78, 5) is 6.52. The number of nitrogens with zero attached hydrogens (tertiary/aromatic N) is 2. The molecule has 0 aliphatic heterocycles. The first-order valence-electron chi connectivity index (χ1n) is 4.69. The van der Waals surface area contributed by atoms with Crippen LogP contribution in [0.3, 0.4) is 0 Å². The number of hydrogen-bond donors (Lipinski definition) is 0. The van der Waals surface area contributed by atoms with Crippen molar-refractivity contribution in [1.82, 2.24) is 9.88 Å². The van der Waals surface area contributed by atoms with Crippen molar-refractivity contribution in [2.45, 2.75) is 26.3 Å². The molecule has 0 aliphatic carbocycles. The first-order chi connectivity index (χ1) is 6.09. The molecule has 1 aromatic heterocycles. The molecule has 1 aromatic rings. The highest BCUT2D eigenvalue weighted by Gasteiger charge is 2.00. The van der Waals surface area contributed by atoms with Crippen LogP contribution >= 0.6 is 0 Å². The van der Waals surface area contributed by atoms with Crippen molar-refractivity contribution in [3.05, 3.63) is 29.6 Å². The fourth-order valence-corrected chi connectivity index (χ4v) is 1.19. The van der Waals surface area contributed by atoms with Gasteiger partial charge in [0.15, 0.2) is 0 Å². The Bertz CT molecular complexity index is 249. The third kappa shape index (κ3) is 3.15. The van der Waals surface area contributed by atoms with Crippen LogP contribution in [0.2, 0.25) is 0 Å². The second-order valence-corrected chi connectivity index (χ2v) is 3.98. The molecule has 0 unspecified atom stereocenters. The lowest BCUT2D eigenvalue weighted by atomic mass is 10.1. The summed E-state index contributed by atoms with van der Waals surface area (Å²) in [7, 11) is 4.11. The summed E-state index contributed by atoms with van der Waals surface area (Å²) in [5.41, 5.74) is 2.44. The van der Waals surface area contributed by atoms with E-state index in [0.717, 1.165) is 12.2 Å². The average Bonchev–Trinajstić information content (AvgIpc) is 2.04. The molecule has 2 nitrogen and oxygen atoms in total. The van der Waals surface area contributed by atoms with Crippen molar-refractivity contribution >= 4 is 0 Å². The van der Waals surface area contributed by atoms with Gasteiger partial charge in [0, 0.05) is 12.7 Å². The summed E-state index contributed by atoms with van der Waals surface area (Å²) < 4.78 is 0. The van der Waals surface area contributed by atoms with E-state index in [-0.39, 0.29) is 0 Å². The molecule has 0 N–H and O–H groups in total. The predicted octanol–water partition coefficient (Wildman–Crippen LogP) is 2.27. The smallest absolute Gasteiger partial charge is 0.0543 e. The van der Waals surface area contributed by atoms with E-state index >= 15 is 0 Å². The van der Waals surface area contributed by atoms with Gasteiger partial charge in [-0.25, -0.2) is 0 Å². The van der Waals surface area contributed by atoms with Crippen LogP contribution in [-0.4, -0.2) is 24.0 Å². The Morgan fingerprint density at radius 3 is 2.38 bits per heavy atom. The van der Waals surface area contributed by atoms with Crippen molar-refractivity contribution in [2.24, 2.45) is 0 Å². The fourth-order valence-electron chi connectivity index (χ4n) is 1.19. The standard InChI is InChI=1S/C11H18N2/c1-9(2)10-5-6-11(12-7-10)8-13(3)4/h5-7,9H,8H2,1-4H3. The van der Waals surface area contributed by atoms with Gasteiger partial charge >= 0.3 is 0 Å². The molecule has 1 heterocycles. The van der Waals surface area contributed by atoms with Crippen molar-refractivity contribution in [3.63, 3.8) is 0 Å². The van der Waals surface area contributed by atoms with Gasteiger partial charge in [-0.3, -0.25) is 4.98 Å². The zero-order valence-corrected chi connectivity index (χ0v) is 8.91. The topological polar surface area (TPSA) is 16.1 Å². The Morgan fingerprint density at radius 2 is 2.00 bits per heavy atom. The van der Waals surface area contributed by atoms with Crippen molar-refractivity contribution in [2.75, 3.05) is 14.1 Å². The van der Waals surface area contributed by atoms with E-state index < -0.39 is 0 Å². The molecule has 1 rings (SSSR count). The Hall–Kier alpha value is -0.890. The first-order valence-corrected chi connectivity index (χ1v) is 4.69. The van der Waals surface area contributed by atoms with Crippen LogP contribution in [-0.2, 0) is 6.54 Å². The Labute approximate surface area is 80.6 Å². The van der Waals surface area contributed by atoms with Crippen molar-refractivity contribution < 1.29 is 0 Å². The molecule has 0 spiro atoms. The van der Waals surface area contributed by atoms with Crippen LogP contribution in [0, 0.1) is 0 Å². The second kappa shape index (κ2) is 4.38. The Balaban J connectivity index is 2.70. The minimum atomic E-state index is 0.570. The minimum absolute atomic E-state index is 0.570. The molecule has 2 heteroatoms. The number of rotatable bonds is 3. The highest BCUT2D eigenvalue weighted by molar-refractivity contribution is 5.16. The third-order valence-electron chi connectivity index (χ3n) is 1.99. The maximum Gasteiger partial charge on any atom is 0.0543 e. The van der Waals surface area contributed by atoms with E-state index in [0.29, 0.717) is 5.92 Å². The monoisotopic (exact) mass is 178 g/mol. The summed E-state index contributed by atoms with van der Waals surface area (Å²) in [5, 5.41) is 0. The molecule has 0 amide bonds. The molecular formula is C11H18N2. The summed E-state index contributed by atoms with van der Waals surface area (Å²) in [5.74, 6) is 0.570. The van der Waals surface area contributed by atoms with Gasteiger partial charge in [-0.2, -0.15) is 0 Å². The van der Waals surface area contributed by atoms with E-state index in [2.05, 4.69) is 50.0 Å². The van der Waals surface area contributed by atoms with Gasteiger partial charge in [0.2, 0.25) is 0 Å². The van der Waals surface area contributed by atoms with Crippen molar-refractivity contribution in [1.29, 1.82) is 0 Å². The van der Waals surface area contributed by atoms with E-state index in [1.54, 1.807) is 0 Å². The summed E-state index contributed by atoms with van der Waals surface area (Å²) in [6.45, 7) is 5.28. The number of hydrogen-bond acceptors (Lipinski definition) is 2. The lowest BCUT2D eigenvalue weighted by molar-refractivity contribution is 0.396. The van der Waals surface area contributed by atoms with Crippen LogP contribution in [0.4, 0.5) is 0 Å². The summed E-state index contributed by atoms with van der Waals surface area (Å²) in [6.07, 6.45) is 1.98. The molecule has 72 valence electrons. The van der Waals surface area contributed by atoms with Gasteiger partial charge in [0.25, 0.3) is 0 Å². The molecule has 0 atom stereocenters. The molecular weight excluding hydrogens is 160 g/mol. The molecule has 0 saturated heterocycles. The van der Waals surface area contributed by atoms with Gasteiger partial charge in [-0.15, -0.1) is 0 Å². The van der Waals surface area contributed by atoms with E-state index in [1.165, 1.54) is 5.56 Å². The van der Waals surface area contributed by atoms with Gasteiger partial charge in [0.05, 0.1) is 5.69 Å². The van der Waals surface area contributed by atoms with Crippen LogP contribution in [0.15, 0.2) is 18.3 Å². The van der Waals surface area contributed by atoms with E-state index in [9.17, 15) is 0 Å². The van der Waals surface area contributed by atoms with Crippen molar-refractivity contribution in [3.8, 4) is 0 Å². The maximum atomic E-state index is 4.40. The van der Waals surface area contributed by atoms with Crippen LogP contribution in [0.5, 0.6) is 0 Å². The Morgan fingerprint density at radius 1 is 1.31 bits per heavy atom. The minimum Gasteiger partial charge on any atom is -0.304 e. The molecule has 13 heavy (non-hydrogen) atoms. The molecule has 0 aromatic carbocycles. The zero-order chi connectivity index (χ0) is 9.84. The number of aromatic nitrogens is 1. The SMILES string of the molecule is CC(C)c1ccc(CN(C)C)nc1. The van der Waals surface area contributed by atoms with Crippen LogP contribution in [0.1, 0.15) is 31.0 Å². The molecule has 0 bridgehead atoms. The molecule has 0 fully saturated rings. The van der Waals surface area contributed by atoms with Gasteiger partial charge in [-0.1, -0.05) is 19.9 Å².